The minimum atomic E-state index is -0.386. The van der Waals surface area contributed by atoms with Crippen molar-refractivity contribution in [2.45, 2.75) is 55.9 Å². The molecule has 22 heavy (non-hydrogen) atoms. The summed E-state index contributed by atoms with van der Waals surface area (Å²) in [7, 11) is 0. The maximum absolute atomic E-state index is 12.3. The summed E-state index contributed by atoms with van der Waals surface area (Å²) in [5, 5.41) is 4.48. The lowest BCUT2D eigenvalue weighted by molar-refractivity contribution is 0.336. The van der Waals surface area contributed by atoms with Gasteiger partial charge in [-0.05, 0) is 44.4 Å². The molecular formula is C17H21ClN2OS. The van der Waals surface area contributed by atoms with Crippen LogP contribution in [-0.4, -0.2) is 9.78 Å². The van der Waals surface area contributed by atoms with E-state index >= 15 is 0 Å². The van der Waals surface area contributed by atoms with Crippen LogP contribution >= 0.6 is 23.4 Å². The van der Waals surface area contributed by atoms with Crippen LogP contribution in [0, 0.1) is 0 Å². The number of hydrogen-bond acceptors (Lipinski definition) is 3. The van der Waals surface area contributed by atoms with E-state index in [1.165, 1.54) is 22.0 Å². The number of aromatic nitrogens is 2. The van der Waals surface area contributed by atoms with E-state index < -0.39 is 0 Å². The van der Waals surface area contributed by atoms with E-state index in [0.29, 0.717) is 10.8 Å². The van der Waals surface area contributed by atoms with Crippen molar-refractivity contribution in [3.8, 4) is 0 Å². The molecular weight excluding hydrogens is 316 g/mol. The molecule has 2 rings (SSSR count). The van der Waals surface area contributed by atoms with E-state index in [-0.39, 0.29) is 16.1 Å². The zero-order valence-corrected chi connectivity index (χ0v) is 15.1. The average molecular weight is 337 g/mol. The smallest absolute Gasteiger partial charge is 0.266 e. The fraction of sp³-hybridized carbons (Fsp3) is 0.412. The lowest BCUT2D eigenvalue weighted by atomic mass is 10.0. The number of benzene rings is 1. The molecule has 0 N–H and O–H groups in total. The molecule has 1 aromatic carbocycles. The van der Waals surface area contributed by atoms with Gasteiger partial charge in [0.15, 0.2) is 0 Å². The van der Waals surface area contributed by atoms with E-state index in [0.717, 1.165) is 4.90 Å². The molecule has 5 heteroatoms. The Morgan fingerprint density at radius 1 is 1.18 bits per heavy atom. The Bertz CT molecular complexity index is 715. The fourth-order valence-electron chi connectivity index (χ4n) is 2.01. The molecule has 0 saturated carbocycles. The quantitative estimate of drug-likeness (QED) is 0.797. The monoisotopic (exact) mass is 336 g/mol. The van der Waals surface area contributed by atoms with Crippen LogP contribution < -0.4 is 5.56 Å². The van der Waals surface area contributed by atoms with Gasteiger partial charge in [0.2, 0.25) is 0 Å². The highest BCUT2D eigenvalue weighted by molar-refractivity contribution is 7.99. The van der Waals surface area contributed by atoms with Crippen LogP contribution in [0.2, 0.25) is 5.02 Å². The van der Waals surface area contributed by atoms with Crippen molar-refractivity contribution in [3.63, 3.8) is 0 Å². The van der Waals surface area contributed by atoms with Crippen LogP contribution in [0.15, 0.2) is 45.0 Å². The zero-order valence-electron chi connectivity index (χ0n) is 13.6. The Kier molecular flexibility index (Phi) is 5.03. The molecule has 0 atom stereocenters. The summed E-state index contributed by atoms with van der Waals surface area (Å²) in [6.45, 7) is 10.1. The Hall–Kier alpha value is -1.26. The normalized spacial score (nSPS) is 12.0. The average Bonchev–Trinajstić information content (AvgIpc) is 2.43. The summed E-state index contributed by atoms with van der Waals surface area (Å²) in [6.07, 6.45) is 1.66. The van der Waals surface area contributed by atoms with Gasteiger partial charge in [-0.25, -0.2) is 4.68 Å². The Labute approximate surface area is 140 Å². The van der Waals surface area contributed by atoms with Crippen molar-refractivity contribution < 1.29 is 0 Å². The lowest BCUT2D eigenvalue weighted by Crippen LogP contribution is -2.36. The van der Waals surface area contributed by atoms with Crippen molar-refractivity contribution >= 4 is 23.4 Å². The maximum Gasteiger partial charge on any atom is 0.287 e. The van der Waals surface area contributed by atoms with Crippen LogP contribution in [0.1, 0.15) is 46.1 Å². The highest BCUT2D eigenvalue weighted by Crippen LogP contribution is 2.32. The van der Waals surface area contributed by atoms with Gasteiger partial charge in [0.1, 0.15) is 5.02 Å². The first-order valence-electron chi connectivity index (χ1n) is 7.26. The van der Waals surface area contributed by atoms with Crippen LogP contribution in [0.3, 0.4) is 0 Å². The molecule has 0 radical (unpaired) electrons. The second-order valence-corrected chi connectivity index (χ2v) is 8.03. The SMILES string of the molecule is CC(C)c1ccc(Sc2cnn(C(C)(C)C)c(=O)c2Cl)cc1. The predicted molar refractivity (Wildman–Crippen MR) is 93.2 cm³/mol. The third-order valence-electron chi connectivity index (χ3n) is 3.30. The number of hydrogen-bond donors (Lipinski definition) is 0. The van der Waals surface area contributed by atoms with Gasteiger partial charge >= 0.3 is 0 Å². The minimum absolute atomic E-state index is 0.225. The first kappa shape index (κ1) is 17.1. The molecule has 3 nitrogen and oxygen atoms in total. The number of rotatable bonds is 3. The zero-order chi connectivity index (χ0) is 16.5. The van der Waals surface area contributed by atoms with Crippen molar-refractivity contribution in [2.24, 2.45) is 0 Å². The van der Waals surface area contributed by atoms with Crippen molar-refractivity contribution in [1.82, 2.24) is 9.78 Å². The van der Waals surface area contributed by atoms with Gasteiger partial charge in [-0.15, -0.1) is 0 Å². The van der Waals surface area contributed by atoms with Crippen LogP contribution in [0.5, 0.6) is 0 Å². The summed E-state index contributed by atoms with van der Waals surface area (Å²) in [6, 6.07) is 8.30. The third kappa shape index (κ3) is 3.73. The molecule has 0 saturated heterocycles. The minimum Gasteiger partial charge on any atom is -0.266 e. The summed E-state index contributed by atoms with van der Waals surface area (Å²) in [4.78, 5) is 14.1. The van der Waals surface area contributed by atoms with Crippen molar-refractivity contribution in [3.05, 3.63) is 51.4 Å². The molecule has 0 bridgehead atoms. The van der Waals surface area contributed by atoms with E-state index in [2.05, 4.69) is 31.1 Å². The molecule has 0 aliphatic carbocycles. The highest BCUT2D eigenvalue weighted by atomic mass is 35.5. The maximum atomic E-state index is 12.3. The van der Waals surface area contributed by atoms with Gasteiger partial charge in [0.05, 0.1) is 16.6 Å². The molecule has 0 fully saturated rings. The van der Waals surface area contributed by atoms with Crippen LogP contribution in [0.4, 0.5) is 0 Å². The third-order valence-corrected chi connectivity index (χ3v) is 4.81. The molecule has 2 aromatic rings. The van der Waals surface area contributed by atoms with Gasteiger partial charge in [0, 0.05) is 4.90 Å². The first-order chi connectivity index (χ1) is 10.2. The van der Waals surface area contributed by atoms with Crippen molar-refractivity contribution in [1.29, 1.82) is 0 Å². The Morgan fingerprint density at radius 3 is 2.27 bits per heavy atom. The fourth-order valence-corrected chi connectivity index (χ4v) is 3.06. The molecule has 0 aliphatic rings. The van der Waals surface area contributed by atoms with E-state index in [4.69, 9.17) is 11.6 Å². The van der Waals surface area contributed by atoms with E-state index in [1.807, 2.05) is 32.9 Å². The van der Waals surface area contributed by atoms with Crippen molar-refractivity contribution in [2.75, 3.05) is 0 Å². The Balaban J connectivity index is 2.31. The molecule has 1 heterocycles. The number of nitrogens with zero attached hydrogens (tertiary/aromatic N) is 2. The highest BCUT2D eigenvalue weighted by Gasteiger charge is 2.19. The van der Waals surface area contributed by atoms with Gasteiger partial charge in [-0.3, -0.25) is 4.79 Å². The molecule has 118 valence electrons. The topological polar surface area (TPSA) is 34.9 Å². The summed E-state index contributed by atoms with van der Waals surface area (Å²) in [5.74, 6) is 0.500. The second kappa shape index (κ2) is 6.47. The lowest BCUT2D eigenvalue weighted by Gasteiger charge is -2.21. The first-order valence-corrected chi connectivity index (χ1v) is 8.45. The second-order valence-electron chi connectivity index (χ2n) is 6.54. The molecule has 0 aliphatic heterocycles. The number of halogens is 1. The van der Waals surface area contributed by atoms with Gasteiger partial charge in [-0.2, -0.15) is 5.10 Å². The van der Waals surface area contributed by atoms with E-state index in [9.17, 15) is 4.79 Å². The summed E-state index contributed by atoms with van der Waals surface area (Å²) < 4.78 is 1.42. The molecule has 1 aromatic heterocycles. The van der Waals surface area contributed by atoms with Crippen LogP contribution in [0.25, 0.3) is 0 Å². The van der Waals surface area contributed by atoms with Crippen LogP contribution in [-0.2, 0) is 5.54 Å². The summed E-state index contributed by atoms with van der Waals surface area (Å²) in [5.41, 5.74) is 0.651. The Morgan fingerprint density at radius 2 is 1.77 bits per heavy atom. The molecule has 0 spiro atoms. The van der Waals surface area contributed by atoms with E-state index in [1.54, 1.807) is 6.20 Å². The molecule has 0 unspecified atom stereocenters. The van der Waals surface area contributed by atoms with Gasteiger partial charge < -0.3 is 0 Å². The molecule has 0 amide bonds. The van der Waals surface area contributed by atoms with Gasteiger partial charge in [0.25, 0.3) is 5.56 Å². The van der Waals surface area contributed by atoms with Gasteiger partial charge in [-0.1, -0.05) is 49.3 Å². The summed E-state index contributed by atoms with van der Waals surface area (Å²) >= 11 is 7.70. The largest absolute Gasteiger partial charge is 0.287 e. The predicted octanol–water partition coefficient (Wildman–Crippen LogP) is 4.93. The standard InChI is InChI=1S/C17H21ClN2OS/c1-11(2)12-6-8-13(9-7-12)22-14-10-19-20(17(3,4)5)16(21)15(14)18/h6-11H,1-5H3.